The lowest BCUT2D eigenvalue weighted by atomic mass is 10.1. The molecular formula is C11H10O4. The van der Waals surface area contributed by atoms with E-state index in [1.165, 1.54) is 7.11 Å². The number of hydrogen-bond acceptors (Lipinski definition) is 4. The van der Waals surface area contributed by atoms with E-state index in [4.69, 9.17) is 4.74 Å². The summed E-state index contributed by atoms with van der Waals surface area (Å²) in [5.41, 5.74) is 1.30. The average Bonchev–Trinajstić information content (AvgIpc) is 3.07. The SMILES string of the molecule is COC(=O)c1cccc([C@H]2O[C@@H]2C=O)c1. The molecule has 15 heavy (non-hydrogen) atoms. The first-order valence-corrected chi connectivity index (χ1v) is 4.55. The topological polar surface area (TPSA) is 55.9 Å². The largest absolute Gasteiger partial charge is 0.465 e. The second kappa shape index (κ2) is 3.82. The molecule has 1 aromatic rings. The molecule has 4 nitrogen and oxygen atoms in total. The van der Waals surface area contributed by atoms with Gasteiger partial charge in [0.2, 0.25) is 0 Å². The van der Waals surface area contributed by atoms with E-state index in [2.05, 4.69) is 4.74 Å². The van der Waals surface area contributed by atoms with E-state index in [1.54, 1.807) is 18.2 Å². The lowest BCUT2D eigenvalue weighted by molar-refractivity contribution is -0.108. The molecule has 0 aliphatic carbocycles. The summed E-state index contributed by atoms with van der Waals surface area (Å²) in [5.74, 6) is -0.389. The maximum atomic E-state index is 11.2. The maximum absolute atomic E-state index is 11.2. The molecule has 1 saturated heterocycles. The summed E-state index contributed by atoms with van der Waals surface area (Å²) in [6, 6.07) is 6.90. The van der Waals surface area contributed by atoms with E-state index in [9.17, 15) is 9.59 Å². The third-order valence-corrected chi connectivity index (χ3v) is 2.30. The van der Waals surface area contributed by atoms with Crippen LogP contribution >= 0.6 is 0 Å². The lowest BCUT2D eigenvalue weighted by Gasteiger charge is -2.00. The lowest BCUT2D eigenvalue weighted by Crippen LogP contribution is -2.01. The molecule has 0 saturated carbocycles. The number of epoxide rings is 1. The molecule has 0 radical (unpaired) electrons. The van der Waals surface area contributed by atoms with Gasteiger partial charge in [-0.25, -0.2) is 4.79 Å². The van der Waals surface area contributed by atoms with Crippen LogP contribution in [0.1, 0.15) is 22.0 Å². The molecule has 78 valence electrons. The normalized spacial score (nSPS) is 23.3. The highest BCUT2D eigenvalue weighted by molar-refractivity contribution is 5.89. The summed E-state index contributed by atoms with van der Waals surface area (Å²) in [4.78, 5) is 21.6. The maximum Gasteiger partial charge on any atom is 0.337 e. The quantitative estimate of drug-likeness (QED) is 0.422. The molecule has 2 rings (SSSR count). The zero-order chi connectivity index (χ0) is 10.8. The predicted octanol–water partition coefficient (Wildman–Crippen LogP) is 1.11. The summed E-state index contributed by atoms with van der Waals surface area (Å²) >= 11 is 0. The minimum absolute atomic E-state index is 0.202. The van der Waals surface area contributed by atoms with Crippen molar-refractivity contribution >= 4 is 12.3 Å². The van der Waals surface area contributed by atoms with Crippen LogP contribution in [0.3, 0.4) is 0 Å². The number of hydrogen-bond donors (Lipinski definition) is 0. The van der Waals surface area contributed by atoms with Crippen molar-refractivity contribution < 1.29 is 19.1 Å². The van der Waals surface area contributed by atoms with Crippen LogP contribution in [-0.2, 0) is 14.3 Å². The zero-order valence-corrected chi connectivity index (χ0v) is 8.17. The first kappa shape index (κ1) is 9.86. The Labute approximate surface area is 86.8 Å². The van der Waals surface area contributed by atoms with Crippen LogP contribution in [0.2, 0.25) is 0 Å². The zero-order valence-electron chi connectivity index (χ0n) is 8.17. The highest BCUT2D eigenvalue weighted by atomic mass is 16.6. The summed E-state index contributed by atoms with van der Waals surface area (Å²) in [6.07, 6.45) is 0.195. The summed E-state index contributed by atoms with van der Waals surface area (Å²) < 4.78 is 9.70. The number of esters is 1. The van der Waals surface area contributed by atoms with Crippen molar-refractivity contribution in [1.29, 1.82) is 0 Å². The molecule has 0 spiro atoms. The van der Waals surface area contributed by atoms with Gasteiger partial charge in [-0.1, -0.05) is 12.1 Å². The van der Waals surface area contributed by atoms with Gasteiger partial charge in [0.1, 0.15) is 12.2 Å². The molecule has 0 N–H and O–H groups in total. The van der Waals surface area contributed by atoms with Gasteiger partial charge in [-0.2, -0.15) is 0 Å². The number of benzene rings is 1. The van der Waals surface area contributed by atoms with Crippen molar-refractivity contribution in [3.05, 3.63) is 35.4 Å². The summed E-state index contributed by atoms with van der Waals surface area (Å²) in [5, 5.41) is 0. The fourth-order valence-electron chi connectivity index (χ4n) is 1.46. The van der Waals surface area contributed by atoms with Crippen LogP contribution in [0.15, 0.2) is 24.3 Å². The van der Waals surface area contributed by atoms with E-state index in [-0.39, 0.29) is 18.2 Å². The Morgan fingerprint density at radius 1 is 1.53 bits per heavy atom. The van der Waals surface area contributed by atoms with Gasteiger partial charge >= 0.3 is 5.97 Å². The molecular weight excluding hydrogens is 196 g/mol. The molecule has 1 heterocycles. The fraction of sp³-hybridized carbons (Fsp3) is 0.273. The summed E-state index contributed by atoms with van der Waals surface area (Å²) in [7, 11) is 1.33. The van der Waals surface area contributed by atoms with E-state index >= 15 is 0 Å². The molecule has 0 aromatic heterocycles. The van der Waals surface area contributed by atoms with Gasteiger partial charge < -0.3 is 14.3 Å². The predicted molar refractivity (Wildman–Crippen MR) is 51.5 cm³/mol. The Kier molecular flexibility index (Phi) is 2.51. The Balaban J connectivity index is 2.20. The van der Waals surface area contributed by atoms with Crippen LogP contribution < -0.4 is 0 Å². The first-order chi connectivity index (χ1) is 7.26. The molecule has 1 aliphatic rings. The van der Waals surface area contributed by atoms with Crippen molar-refractivity contribution in [3.8, 4) is 0 Å². The van der Waals surface area contributed by atoms with Gasteiger partial charge in [0.15, 0.2) is 6.29 Å². The van der Waals surface area contributed by atoms with Crippen LogP contribution in [-0.4, -0.2) is 25.5 Å². The van der Waals surface area contributed by atoms with Gasteiger partial charge in [-0.15, -0.1) is 0 Å². The van der Waals surface area contributed by atoms with E-state index in [0.717, 1.165) is 11.8 Å². The highest BCUT2D eigenvalue weighted by Crippen LogP contribution is 2.37. The molecule has 1 aromatic carbocycles. The smallest absolute Gasteiger partial charge is 0.337 e. The Bertz CT molecular complexity index is 399. The van der Waals surface area contributed by atoms with Gasteiger partial charge in [-0.3, -0.25) is 0 Å². The number of aldehydes is 1. The van der Waals surface area contributed by atoms with Crippen LogP contribution in [0.25, 0.3) is 0 Å². The van der Waals surface area contributed by atoms with Gasteiger partial charge in [0.05, 0.1) is 12.7 Å². The van der Waals surface area contributed by atoms with E-state index in [1.807, 2.05) is 6.07 Å². The standard InChI is InChI=1S/C11H10O4/c1-14-11(13)8-4-2-3-7(5-8)10-9(6-12)15-10/h2-6,9-10H,1H3/t9-,10-/m1/s1. The molecule has 1 aliphatic heterocycles. The fourth-order valence-corrected chi connectivity index (χ4v) is 1.46. The third-order valence-electron chi connectivity index (χ3n) is 2.30. The van der Waals surface area contributed by atoms with E-state index in [0.29, 0.717) is 5.56 Å². The number of methoxy groups -OCH3 is 1. The van der Waals surface area contributed by atoms with E-state index < -0.39 is 0 Å². The van der Waals surface area contributed by atoms with Crippen molar-refractivity contribution in [1.82, 2.24) is 0 Å². The highest BCUT2D eigenvalue weighted by Gasteiger charge is 2.40. The Morgan fingerprint density at radius 2 is 2.33 bits per heavy atom. The second-order valence-corrected chi connectivity index (χ2v) is 3.27. The van der Waals surface area contributed by atoms with Crippen molar-refractivity contribution in [3.63, 3.8) is 0 Å². The van der Waals surface area contributed by atoms with Gasteiger partial charge in [0.25, 0.3) is 0 Å². The Morgan fingerprint density at radius 3 is 2.93 bits per heavy atom. The minimum Gasteiger partial charge on any atom is -0.465 e. The van der Waals surface area contributed by atoms with Crippen molar-refractivity contribution in [2.45, 2.75) is 12.2 Å². The van der Waals surface area contributed by atoms with Crippen molar-refractivity contribution in [2.75, 3.05) is 7.11 Å². The summed E-state index contributed by atoms with van der Waals surface area (Å²) in [6.45, 7) is 0. The molecule has 0 bridgehead atoms. The second-order valence-electron chi connectivity index (χ2n) is 3.27. The molecule has 1 fully saturated rings. The molecule has 0 amide bonds. The number of carbonyl (C=O) groups excluding carboxylic acids is 2. The molecule has 0 unspecified atom stereocenters. The average molecular weight is 206 g/mol. The number of ether oxygens (including phenoxy) is 2. The number of rotatable bonds is 3. The number of carbonyl (C=O) groups is 2. The van der Waals surface area contributed by atoms with Gasteiger partial charge in [-0.05, 0) is 17.7 Å². The van der Waals surface area contributed by atoms with Crippen LogP contribution in [0.5, 0.6) is 0 Å². The van der Waals surface area contributed by atoms with Gasteiger partial charge in [0, 0.05) is 0 Å². The molecule has 4 heteroatoms. The first-order valence-electron chi connectivity index (χ1n) is 4.55. The minimum atomic E-state index is -0.389. The monoisotopic (exact) mass is 206 g/mol. The third kappa shape index (κ3) is 1.89. The van der Waals surface area contributed by atoms with Crippen LogP contribution in [0, 0.1) is 0 Å². The Hall–Kier alpha value is -1.68. The van der Waals surface area contributed by atoms with Crippen molar-refractivity contribution in [2.24, 2.45) is 0 Å². The van der Waals surface area contributed by atoms with Crippen LogP contribution in [0.4, 0.5) is 0 Å². The molecule has 2 atom stereocenters.